The van der Waals surface area contributed by atoms with Crippen LogP contribution in [0.15, 0.2) is 24.4 Å². The van der Waals surface area contributed by atoms with Crippen LogP contribution in [-0.4, -0.2) is 85.1 Å². The van der Waals surface area contributed by atoms with Gasteiger partial charge in [-0.1, -0.05) is 11.6 Å². The van der Waals surface area contributed by atoms with Crippen molar-refractivity contribution < 1.29 is 19.4 Å². The van der Waals surface area contributed by atoms with Crippen LogP contribution < -0.4 is 10.2 Å². The number of amides is 1. The summed E-state index contributed by atoms with van der Waals surface area (Å²) in [6, 6.07) is 5.98. The van der Waals surface area contributed by atoms with E-state index in [1.807, 2.05) is 12.1 Å². The first-order valence-electron chi connectivity index (χ1n) is 12.6. The molecule has 0 radical (unpaired) electrons. The van der Waals surface area contributed by atoms with Crippen LogP contribution in [0.4, 0.5) is 11.5 Å². The lowest BCUT2D eigenvalue weighted by Crippen LogP contribution is -2.60. The lowest BCUT2D eigenvalue weighted by atomic mass is 9.93. The van der Waals surface area contributed by atoms with Gasteiger partial charge in [0.05, 0.1) is 35.6 Å². The smallest absolute Gasteiger partial charge is 0.229 e. The SMILES string of the molecule is C[C@@]1(N2CCN(c3cc4cc(NC(=O)[C@@H]5CC56CCOCC6)ncc4cc3Cl)CC2)COC[C@@H]1O. The van der Waals surface area contributed by atoms with Crippen molar-refractivity contribution in [3.05, 3.63) is 29.4 Å². The zero-order valence-electron chi connectivity index (χ0n) is 20.1. The molecule has 1 aliphatic carbocycles. The van der Waals surface area contributed by atoms with Gasteiger partial charge in [-0.2, -0.15) is 0 Å². The molecule has 0 bridgehead atoms. The fourth-order valence-corrected chi connectivity index (χ4v) is 6.43. The normalized spacial score (nSPS) is 30.7. The predicted molar refractivity (Wildman–Crippen MR) is 135 cm³/mol. The molecule has 0 unspecified atom stereocenters. The Morgan fingerprint density at radius 3 is 2.63 bits per heavy atom. The number of fused-ring (bicyclic) bond motifs is 1. The second kappa shape index (κ2) is 8.85. The summed E-state index contributed by atoms with van der Waals surface area (Å²) in [6.07, 6.45) is 4.20. The van der Waals surface area contributed by atoms with Gasteiger partial charge in [-0.3, -0.25) is 9.69 Å². The Kier molecular flexibility index (Phi) is 5.92. The highest BCUT2D eigenvalue weighted by molar-refractivity contribution is 6.34. The average molecular weight is 501 g/mol. The molecule has 1 aromatic heterocycles. The van der Waals surface area contributed by atoms with Crippen molar-refractivity contribution >= 4 is 39.8 Å². The Hall–Kier alpha value is -1.97. The maximum Gasteiger partial charge on any atom is 0.229 e. The molecular formula is C26H33ClN4O4. The molecule has 8 nitrogen and oxygen atoms in total. The predicted octanol–water partition coefficient (Wildman–Crippen LogP) is 2.92. The maximum atomic E-state index is 12.9. The Morgan fingerprint density at radius 2 is 1.91 bits per heavy atom. The van der Waals surface area contributed by atoms with Crippen molar-refractivity contribution in [2.75, 3.05) is 62.8 Å². The number of pyridine rings is 1. The Balaban J connectivity index is 1.15. The second-order valence-corrected chi connectivity index (χ2v) is 11.2. The lowest BCUT2D eigenvalue weighted by Gasteiger charge is -2.45. The summed E-state index contributed by atoms with van der Waals surface area (Å²) in [4.78, 5) is 22.0. The van der Waals surface area contributed by atoms with Crippen molar-refractivity contribution in [2.45, 2.75) is 37.8 Å². The van der Waals surface area contributed by atoms with E-state index in [0.717, 1.165) is 75.1 Å². The number of hydrogen-bond acceptors (Lipinski definition) is 7. The highest BCUT2D eigenvalue weighted by Gasteiger charge is 2.58. The molecule has 188 valence electrons. The molecule has 35 heavy (non-hydrogen) atoms. The number of nitrogens with zero attached hydrogens (tertiary/aromatic N) is 3. The van der Waals surface area contributed by atoms with E-state index in [2.05, 4.69) is 33.1 Å². The monoisotopic (exact) mass is 500 g/mol. The van der Waals surface area contributed by atoms with Crippen LogP contribution in [0.5, 0.6) is 0 Å². The van der Waals surface area contributed by atoms with Crippen molar-refractivity contribution in [2.24, 2.45) is 11.3 Å². The number of aliphatic hydroxyl groups is 1. The van der Waals surface area contributed by atoms with E-state index in [1.54, 1.807) is 6.20 Å². The number of carbonyl (C=O) groups is 1. The van der Waals surface area contributed by atoms with E-state index in [0.29, 0.717) is 24.1 Å². The number of rotatable bonds is 4. The average Bonchev–Trinajstić information content (AvgIpc) is 3.44. The van der Waals surface area contributed by atoms with Crippen molar-refractivity contribution in [3.63, 3.8) is 0 Å². The number of halogens is 1. The minimum absolute atomic E-state index is 0.0617. The first kappa shape index (κ1) is 23.4. The number of hydrogen-bond donors (Lipinski definition) is 2. The van der Waals surface area contributed by atoms with Crippen LogP contribution >= 0.6 is 11.6 Å². The van der Waals surface area contributed by atoms with Crippen molar-refractivity contribution in [3.8, 4) is 0 Å². The van der Waals surface area contributed by atoms with Crippen LogP contribution in [0.3, 0.4) is 0 Å². The van der Waals surface area contributed by atoms with Gasteiger partial charge in [0.15, 0.2) is 0 Å². The maximum absolute atomic E-state index is 12.9. The lowest BCUT2D eigenvalue weighted by molar-refractivity contribution is -0.118. The van der Waals surface area contributed by atoms with Gasteiger partial charge in [0.25, 0.3) is 0 Å². The molecule has 4 aliphatic rings. The van der Waals surface area contributed by atoms with Crippen LogP contribution in [0, 0.1) is 11.3 Å². The van der Waals surface area contributed by atoms with E-state index in [-0.39, 0.29) is 22.8 Å². The Bertz CT molecular complexity index is 1130. The molecule has 1 saturated carbocycles. The van der Waals surface area contributed by atoms with E-state index in [4.69, 9.17) is 21.1 Å². The summed E-state index contributed by atoms with van der Waals surface area (Å²) in [5.74, 6) is 0.708. The van der Waals surface area contributed by atoms with Gasteiger partial charge in [0.1, 0.15) is 5.82 Å². The van der Waals surface area contributed by atoms with Crippen LogP contribution in [0.25, 0.3) is 10.8 Å². The van der Waals surface area contributed by atoms with E-state index >= 15 is 0 Å². The summed E-state index contributed by atoms with van der Waals surface area (Å²) in [5.41, 5.74) is 0.793. The molecule has 4 heterocycles. The minimum atomic E-state index is -0.462. The van der Waals surface area contributed by atoms with E-state index in [9.17, 15) is 9.90 Å². The molecule has 2 N–H and O–H groups in total. The van der Waals surface area contributed by atoms with Crippen molar-refractivity contribution in [1.82, 2.24) is 9.88 Å². The Morgan fingerprint density at radius 1 is 1.14 bits per heavy atom. The number of anilines is 2. The fourth-order valence-electron chi connectivity index (χ4n) is 6.14. The summed E-state index contributed by atoms with van der Waals surface area (Å²) >= 11 is 6.68. The number of benzene rings is 1. The molecule has 1 aromatic carbocycles. The van der Waals surface area contributed by atoms with Crippen LogP contribution in [0.1, 0.15) is 26.2 Å². The topological polar surface area (TPSA) is 87.2 Å². The minimum Gasteiger partial charge on any atom is -0.389 e. The summed E-state index contributed by atoms with van der Waals surface area (Å²) in [6.45, 7) is 7.84. The van der Waals surface area contributed by atoms with Gasteiger partial charge in [-0.05, 0) is 55.2 Å². The van der Waals surface area contributed by atoms with E-state index in [1.165, 1.54) is 0 Å². The number of aliphatic hydroxyl groups excluding tert-OH is 1. The van der Waals surface area contributed by atoms with E-state index < -0.39 is 6.10 Å². The molecule has 4 fully saturated rings. The molecular weight excluding hydrogens is 468 g/mol. The zero-order valence-corrected chi connectivity index (χ0v) is 20.9. The molecule has 1 amide bonds. The molecule has 3 aliphatic heterocycles. The fraction of sp³-hybridized carbons (Fsp3) is 0.615. The molecule has 2 aromatic rings. The van der Waals surface area contributed by atoms with Gasteiger partial charge in [0, 0.05) is 56.9 Å². The number of nitrogens with one attached hydrogen (secondary N) is 1. The van der Waals surface area contributed by atoms with Gasteiger partial charge >= 0.3 is 0 Å². The zero-order chi connectivity index (χ0) is 24.2. The quantitative estimate of drug-likeness (QED) is 0.667. The summed E-state index contributed by atoms with van der Waals surface area (Å²) in [7, 11) is 0. The Labute approximate surface area is 210 Å². The van der Waals surface area contributed by atoms with Gasteiger partial charge in [-0.25, -0.2) is 4.98 Å². The van der Waals surface area contributed by atoms with Crippen LogP contribution in [0.2, 0.25) is 5.02 Å². The van der Waals surface area contributed by atoms with Gasteiger partial charge < -0.3 is 24.8 Å². The van der Waals surface area contributed by atoms with Gasteiger partial charge in [-0.15, -0.1) is 0 Å². The largest absolute Gasteiger partial charge is 0.389 e. The number of aromatic nitrogens is 1. The third-order valence-electron chi connectivity index (χ3n) is 8.76. The number of carbonyl (C=O) groups excluding carboxylic acids is 1. The summed E-state index contributed by atoms with van der Waals surface area (Å²) in [5, 5.41) is 16.1. The third-order valence-corrected chi connectivity index (χ3v) is 9.07. The summed E-state index contributed by atoms with van der Waals surface area (Å²) < 4.78 is 11.0. The molecule has 9 heteroatoms. The van der Waals surface area contributed by atoms with Gasteiger partial charge in [0.2, 0.25) is 5.91 Å². The number of piperazine rings is 1. The first-order chi connectivity index (χ1) is 16.9. The molecule has 3 atom stereocenters. The van der Waals surface area contributed by atoms with Crippen LogP contribution in [-0.2, 0) is 14.3 Å². The molecule has 3 saturated heterocycles. The molecule has 1 spiro atoms. The number of ether oxygens (including phenoxy) is 2. The highest BCUT2D eigenvalue weighted by Crippen LogP contribution is 2.59. The second-order valence-electron chi connectivity index (χ2n) is 10.8. The third kappa shape index (κ3) is 4.19. The van der Waals surface area contributed by atoms with Crippen molar-refractivity contribution in [1.29, 1.82) is 0 Å². The first-order valence-corrected chi connectivity index (χ1v) is 13.0. The highest BCUT2D eigenvalue weighted by atomic mass is 35.5. The standard InChI is InChI=1S/C26H33ClN4O4/c1-25(16-35-15-22(25)32)31-6-4-30(5-7-31)21-11-17-12-23(28-14-18(17)10-20(21)27)29-24(33)19-13-26(19)2-8-34-9-3-26/h10-12,14,19,22,32H,2-9,13,15-16H2,1H3,(H,28,29,33)/t19-,22-,25+/m0/s1. The molecule has 6 rings (SSSR count).